The Hall–Kier alpha value is -2.06. The summed E-state index contributed by atoms with van der Waals surface area (Å²) in [7, 11) is 0. The summed E-state index contributed by atoms with van der Waals surface area (Å²) in [5, 5.41) is 5.21. The largest absolute Gasteiger partial charge is 0.360 e. The maximum atomic E-state index is 6.14. The van der Waals surface area contributed by atoms with Gasteiger partial charge in [-0.2, -0.15) is 0 Å². The van der Waals surface area contributed by atoms with E-state index in [9.17, 15) is 0 Å². The SMILES string of the molecule is CC1C2CCC1[C@@H](c1cc(-c3ccccc3)no1)C(c1ccc(Cl)cc1)C2. The molecule has 0 spiro atoms. The van der Waals surface area contributed by atoms with Gasteiger partial charge < -0.3 is 4.52 Å². The minimum absolute atomic E-state index is 0.393. The van der Waals surface area contributed by atoms with Crippen LogP contribution in [0.2, 0.25) is 5.02 Å². The van der Waals surface area contributed by atoms with Crippen molar-refractivity contribution in [3.05, 3.63) is 77.0 Å². The predicted molar refractivity (Wildman–Crippen MR) is 109 cm³/mol. The van der Waals surface area contributed by atoms with Crippen molar-refractivity contribution in [3.63, 3.8) is 0 Å². The fourth-order valence-corrected chi connectivity index (χ4v) is 5.67. The quantitative estimate of drug-likeness (QED) is 0.494. The van der Waals surface area contributed by atoms with Gasteiger partial charge in [0, 0.05) is 22.6 Å². The van der Waals surface area contributed by atoms with Crippen molar-refractivity contribution < 1.29 is 4.52 Å². The van der Waals surface area contributed by atoms with E-state index < -0.39 is 0 Å². The van der Waals surface area contributed by atoms with Crippen LogP contribution in [0.4, 0.5) is 0 Å². The number of fused-ring (bicyclic) bond motifs is 2. The molecule has 5 rings (SSSR count). The summed E-state index contributed by atoms with van der Waals surface area (Å²) >= 11 is 6.14. The summed E-state index contributed by atoms with van der Waals surface area (Å²) < 4.78 is 5.96. The van der Waals surface area contributed by atoms with Crippen molar-refractivity contribution in [3.8, 4) is 11.3 Å². The molecular formula is C24H24ClNO. The van der Waals surface area contributed by atoms with Crippen LogP contribution in [0.15, 0.2) is 65.2 Å². The minimum Gasteiger partial charge on any atom is -0.360 e. The molecule has 2 bridgehead atoms. The summed E-state index contributed by atoms with van der Waals surface area (Å²) in [6.07, 6.45) is 3.86. The lowest BCUT2D eigenvalue weighted by molar-refractivity contribution is 0.165. The van der Waals surface area contributed by atoms with Crippen LogP contribution in [0.25, 0.3) is 11.3 Å². The number of rotatable bonds is 3. The van der Waals surface area contributed by atoms with Crippen molar-refractivity contribution in [2.24, 2.45) is 17.8 Å². The standard InChI is InChI=1S/C24H24ClNO/c1-15-18-9-12-20(15)24(21(13-18)16-7-10-19(25)11-8-16)23-14-22(26-27-23)17-5-3-2-4-6-17/h2-8,10-11,14-15,18,20-21,24H,9,12-13H2,1H3/t15?,18?,20?,21?,24-/m1/s1. The normalized spacial score (nSPS) is 29.8. The van der Waals surface area contributed by atoms with Crippen LogP contribution in [0.1, 0.15) is 49.3 Å². The Morgan fingerprint density at radius 2 is 1.78 bits per heavy atom. The van der Waals surface area contributed by atoms with Gasteiger partial charge in [0.2, 0.25) is 0 Å². The van der Waals surface area contributed by atoms with Crippen molar-refractivity contribution in [1.29, 1.82) is 0 Å². The van der Waals surface area contributed by atoms with Crippen LogP contribution in [0.3, 0.4) is 0 Å². The van der Waals surface area contributed by atoms with Crippen molar-refractivity contribution >= 4 is 11.6 Å². The Balaban J connectivity index is 1.54. The summed E-state index contributed by atoms with van der Waals surface area (Å²) in [6, 6.07) is 20.9. The highest BCUT2D eigenvalue weighted by atomic mass is 35.5. The van der Waals surface area contributed by atoms with Gasteiger partial charge in [0.25, 0.3) is 0 Å². The van der Waals surface area contributed by atoms with Gasteiger partial charge in [-0.05, 0) is 60.6 Å². The fourth-order valence-electron chi connectivity index (χ4n) is 5.55. The Labute approximate surface area is 165 Å². The second kappa shape index (κ2) is 6.83. The average Bonchev–Trinajstić information content (AvgIpc) is 3.26. The Kier molecular flexibility index (Phi) is 4.32. The number of aromatic nitrogens is 1. The lowest BCUT2D eigenvalue weighted by Gasteiger charge is -2.40. The van der Waals surface area contributed by atoms with E-state index in [0.717, 1.165) is 33.9 Å². The van der Waals surface area contributed by atoms with Crippen LogP contribution < -0.4 is 0 Å². The average molecular weight is 378 g/mol. The first kappa shape index (κ1) is 17.1. The third-order valence-electron chi connectivity index (χ3n) is 6.97. The molecule has 2 fully saturated rings. The molecule has 3 aromatic rings. The number of benzene rings is 2. The number of halogens is 1. The van der Waals surface area contributed by atoms with E-state index in [2.05, 4.69) is 42.4 Å². The monoisotopic (exact) mass is 377 g/mol. The smallest absolute Gasteiger partial charge is 0.141 e. The summed E-state index contributed by atoms with van der Waals surface area (Å²) in [5.74, 6) is 4.16. The third kappa shape index (κ3) is 3.00. The topological polar surface area (TPSA) is 26.0 Å². The second-order valence-electron chi connectivity index (χ2n) is 8.26. The van der Waals surface area contributed by atoms with Gasteiger partial charge in [-0.1, -0.05) is 66.1 Å². The molecular weight excluding hydrogens is 354 g/mol. The zero-order chi connectivity index (χ0) is 18.4. The fraction of sp³-hybridized carbons (Fsp3) is 0.375. The van der Waals surface area contributed by atoms with E-state index in [1.54, 1.807) is 0 Å². The zero-order valence-corrected chi connectivity index (χ0v) is 16.3. The molecule has 2 aromatic carbocycles. The van der Waals surface area contributed by atoms with E-state index in [4.69, 9.17) is 16.1 Å². The molecule has 138 valence electrons. The highest BCUT2D eigenvalue weighted by Crippen LogP contribution is 2.58. The number of hydrogen-bond acceptors (Lipinski definition) is 2. The molecule has 2 aliphatic carbocycles. The Bertz CT molecular complexity index is 917. The molecule has 3 heteroatoms. The van der Waals surface area contributed by atoms with Crippen molar-refractivity contribution in [2.75, 3.05) is 0 Å². The molecule has 1 aromatic heterocycles. The van der Waals surface area contributed by atoms with E-state index in [1.165, 1.54) is 24.8 Å². The lowest BCUT2D eigenvalue weighted by atomic mass is 9.64. The molecule has 2 aliphatic rings. The van der Waals surface area contributed by atoms with Crippen LogP contribution in [0.5, 0.6) is 0 Å². The van der Waals surface area contributed by atoms with E-state index in [0.29, 0.717) is 17.8 Å². The van der Waals surface area contributed by atoms with E-state index in [-0.39, 0.29) is 0 Å². The molecule has 0 saturated heterocycles. The second-order valence-corrected chi connectivity index (χ2v) is 8.70. The van der Waals surface area contributed by atoms with Crippen molar-refractivity contribution in [2.45, 2.75) is 38.0 Å². The van der Waals surface area contributed by atoms with Crippen molar-refractivity contribution in [1.82, 2.24) is 5.16 Å². The van der Waals surface area contributed by atoms with Gasteiger partial charge in [0.05, 0.1) is 0 Å². The maximum absolute atomic E-state index is 6.14. The molecule has 0 amide bonds. The summed E-state index contributed by atoms with van der Waals surface area (Å²) in [5.41, 5.74) is 3.43. The van der Waals surface area contributed by atoms with E-state index in [1.807, 2.05) is 30.3 Å². The maximum Gasteiger partial charge on any atom is 0.141 e. The molecule has 27 heavy (non-hydrogen) atoms. The van der Waals surface area contributed by atoms with Gasteiger partial charge >= 0.3 is 0 Å². The molecule has 1 heterocycles. The first-order valence-electron chi connectivity index (χ1n) is 9.98. The zero-order valence-electron chi connectivity index (χ0n) is 15.5. The Morgan fingerprint density at radius 1 is 1.00 bits per heavy atom. The van der Waals surface area contributed by atoms with E-state index >= 15 is 0 Å². The first-order valence-corrected chi connectivity index (χ1v) is 10.4. The molecule has 4 unspecified atom stereocenters. The molecule has 5 atom stereocenters. The Morgan fingerprint density at radius 3 is 2.56 bits per heavy atom. The van der Waals surface area contributed by atoms with Crippen LogP contribution in [-0.2, 0) is 0 Å². The minimum atomic E-state index is 0.393. The van der Waals surface area contributed by atoms with Gasteiger partial charge in [0.15, 0.2) is 0 Å². The lowest BCUT2D eigenvalue weighted by Crippen LogP contribution is -2.30. The molecule has 2 nitrogen and oxygen atoms in total. The number of nitrogens with zero attached hydrogens (tertiary/aromatic N) is 1. The van der Waals surface area contributed by atoms with Gasteiger partial charge in [-0.25, -0.2) is 0 Å². The molecule has 2 saturated carbocycles. The molecule has 0 aliphatic heterocycles. The van der Waals surface area contributed by atoms with Gasteiger partial charge in [-0.15, -0.1) is 0 Å². The third-order valence-corrected chi connectivity index (χ3v) is 7.22. The van der Waals surface area contributed by atoms with Gasteiger partial charge in [-0.3, -0.25) is 0 Å². The highest BCUT2D eigenvalue weighted by Gasteiger charge is 2.49. The van der Waals surface area contributed by atoms with Crippen LogP contribution in [-0.4, -0.2) is 5.16 Å². The predicted octanol–water partition coefficient (Wildman–Crippen LogP) is 6.93. The highest BCUT2D eigenvalue weighted by molar-refractivity contribution is 6.30. The molecule has 0 N–H and O–H groups in total. The first-order chi connectivity index (χ1) is 13.2. The molecule has 0 radical (unpaired) electrons. The summed E-state index contributed by atoms with van der Waals surface area (Å²) in [4.78, 5) is 0. The van der Waals surface area contributed by atoms with Crippen LogP contribution in [0, 0.1) is 17.8 Å². The van der Waals surface area contributed by atoms with Gasteiger partial charge in [0.1, 0.15) is 11.5 Å². The van der Waals surface area contributed by atoms with Crippen LogP contribution >= 0.6 is 11.6 Å². The summed E-state index contributed by atoms with van der Waals surface area (Å²) in [6.45, 7) is 2.43. The number of hydrogen-bond donors (Lipinski definition) is 0.